The monoisotopic (exact) mass is 235 g/mol. The summed E-state index contributed by atoms with van der Waals surface area (Å²) in [5.74, 6) is 1.06. The Morgan fingerprint density at radius 3 is 2.18 bits per heavy atom. The summed E-state index contributed by atoms with van der Waals surface area (Å²) >= 11 is 0. The SMILES string of the molecule is CCOc1c(C)cc(CCCN(C)C)cc1C. The van der Waals surface area contributed by atoms with Gasteiger partial charge >= 0.3 is 0 Å². The number of nitrogens with zero attached hydrogens (tertiary/aromatic N) is 1. The third-order valence-corrected chi connectivity index (χ3v) is 2.88. The number of hydrogen-bond acceptors (Lipinski definition) is 2. The highest BCUT2D eigenvalue weighted by Crippen LogP contribution is 2.25. The molecule has 0 aliphatic carbocycles. The van der Waals surface area contributed by atoms with Crippen molar-refractivity contribution in [3.05, 3.63) is 28.8 Å². The quantitative estimate of drug-likeness (QED) is 0.751. The van der Waals surface area contributed by atoms with Crippen LogP contribution in [0.15, 0.2) is 12.1 Å². The van der Waals surface area contributed by atoms with E-state index in [1.54, 1.807) is 0 Å². The minimum Gasteiger partial charge on any atom is -0.493 e. The summed E-state index contributed by atoms with van der Waals surface area (Å²) in [4.78, 5) is 2.23. The molecule has 0 saturated heterocycles. The maximum absolute atomic E-state index is 5.66. The molecule has 1 aromatic carbocycles. The van der Waals surface area contributed by atoms with Crippen molar-refractivity contribution in [1.29, 1.82) is 0 Å². The molecule has 0 bridgehead atoms. The topological polar surface area (TPSA) is 12.5 Å². The second-order valence-electron chi connectivity index (χ2n) is 4.90. The maximum Gasteiger partial charge on any atom is 0.125 e. The molecule has 0 aliphatic heterocycles. The summed E-state index contributed by atoms with van der Waals surface area (Å²) in [6.07, 6.45) is 2.35. The van der Waals surface area contributed by atoms with Crippen molar-refractivity contribution in [3.63, 3.8) is 0 Å². The van der Waals surface area contributed by atoms with Gasteiger partial charge in [0, 0.05) is 0 Å². The van der Waals surface area contributed by atoms with Crippen molar-refractivity contribution in [2.24, 2.45) is 0 Å². The van der Waals surface area contributed by atoms with Crippen LogP contribution in [0.3, 0.4) is 0 Å². The van der Waals surface area contributed by atoms with Crippen LogP contribution in [-0.4, -0.2) is 32.1 Å². The molecule has 0 aliphatic rings. The summed E-state index contributed by atoms with van der Waals surface area (Å²) in [5.41, 5.74) is 3.93. The van der Waals surface area contributed by atoms with Crippen molar-refractivity contribution >= 4 is 0 Å². The van der Waals surface area contributed by atoms with E-state index in [2.05, 4.69) is 45.0 Å². The second kappa shape index (κ2) is 6.65. The molecule has 0 aromatic heterocycles. The van der Waals surface area contributed by atoms with Crippen LogP contribution in [0.25, 0.3) is 0 Å². The minimum absolute atomic E-state index is 0.738. The van der Waals surface area contributed by atoms with Gasteiger partial charge in [-0.2, -0.15) is 0 Å². The Bertz CT molecular complexity index is 335. The van der Waals surface area contributed by atoms with Crippen molar-refractivity contribution in [3.8, 4) is 5.75 Å². The third kappa shape index (κ3) is 4.39. The largest absolute Gasteiger partial charge is 0.493 e. The first-order valence-corrected chi connectivity index (χ1v) is 6.42. The molecule has 1 aromatic rings. The van der Waals surface area contributed by atoms with Gasteiger partial charge in [-0.15, -0.1) is 0 Å². The van der Waals surface area contributed by atoms with Crippen molar-refractivity contribution in [1.82, 2.24) is 4.90 Å². The summed E-state index contributed by atoms with van der Waals surface area (Å²) in [5, 5.41) is 0. The van der Waals surface area contributed by atoms with Crippen LogP contribution in [0.5, 0.6) is 5.75 Å². The van der Waals surface area contributed by atoms with Crippen LogP contribution in [-0.2, 0) is 6.42 Å². The molecule has 0 N–H and O–H groups in total. The van der Waals surface area contributed by atoms with Crippen LogP contribution in [0.1, 0.15) is 30.0 Å². The van der Waals surface area contributed by atoms with E-state index >= 15 is 0 Å². The van der Waals surface area contributed by atoms with Crippen LogP contribution < -0.4 is 4.74 Å². The molecular formula is C15H25NO. The molecule has 0 unspecified atom stereocenters. The molecule has 96 valence electrons. The van der Waals surface area contributed by atoms with Gasteiger partial charge in [-0.05, 0) is 70.9 Å². The van der Waals surface area contributed by atoms with E-state index < -0.39 is 0 Å². The van der Waals surface area contributed by atoms with Crippen molar-refractivity contribution in [2.45, 2.75) is 33.6 Å². The number of hydrogen-bond donors (Lipinski definition) is 0. The fraction of sp³-hybridized carbons (Fsp3) is 0.600. The highest BCUT2D eigenvalue weighted by atomic mass is 16.5. The zero-order valence-electron chi connectivity index (χ0n) is 11.8. The summed E-state index contributed by atoms with van der Waals surface area (Å²) in [7, 11) is 4.24. The molecule has 2 nitrogen and oxygen atoms in total. The lowest BCUT2D eigenvalue weighted by Crippen LogP contribution is -2.13. The zero-order chi connectivity index (χ0) is 12.8. The van der Waals surface area contributed by atoms with E-state index in [0.29, 0.717) is 0 Å². The average molecular weight is 235 g/mol. The summed E-state index contributed by atoms with van der Waals surface area (Å²) < 4.78 is 5.66. The lowest BCUT2D eigenvalue weighted by molar-refractivity contribution is 0.335. The molecule has 0 radical (unpaired) electrons. The van der Waals surface area contributed by atoms with Gasteiger partial charge in [-0.25, -0.2) is 0 Å². The van der Waals surface area contributed by atoms with Gasteiger partial charge in [0.2, 0.25) is 0 Å². The van der Waals surface area contributed by atoms with Gasteiger partial charge in [-0.3, -0.25) is 0 Å². The van der Waals surface area contributed by atoms with Gasteiger partial charge in [0.25, 0.3) is 0 Å². The van der Waals surface area contributed by atoms with Crippen LogP contribution in [0.2, 0.25) is 0 Å². The Labute approximate surface area is 106 Å². The van der Waals surface area contributed by atoms with E-state index in [1.807, 2.05) is 6.92 Å². The van der Waals surface area contributed by atoms with E-state index in [1.165, 1.54) is 23.1 Å². The molecular weight excluding hydrogens is 210 g/mol. The average Bonchev–Trinajstić information content (AvgIpc) is 2.23. The predicted octanol–water partition coefficient (Wildman–Crippen LogP) is 3.20. The predicted molar refractivity (Wildman–Crippen MR) is 74.0 cm³/mol. The molecule has 0 heterocycles. The Hall–Kier alpha value is -1.02. The van der Waals surface area contributed by atoms with Crippen LogP contribution >= 0.6 is 0 Å². The zero-order valence-corrected chi connectivity index (χ0v) is 11.8. The van der Waals surface area contributed by atoms with Gasteiger partial charge < -0.3 is 9.64 Å². The molecule has 0 fully saturated rings. The Balaban J connectivity index is 2.69. The third-order valence-electron chi connectivity index (χ3n) is 2.88. The molecule has 2 heteroatoms. The van der Waals surface area contributed by atoms with Crippen LogP contribution in [0, 0.1) is 13.8 Å². The van der Waals surface area contributed by atoms with Gasteiger partial charge in [0.05, 0.1) is 6.61 Å². The molecule has 0 saturated carbocycles. The Morgan fingerprint density at radius 1 is 1.12 bits per heavy atom. The highest BCUT2D eigenvalue weighted by molar-refractivity contribution is 5.43. The second-order valence-corrected chi connectivity index (χ2v) is 4.90. The molecule has 17 heavy (non-hydrogen) atoms. The molecule has 0 atom stereocenters. The number of aryl methyl sites for hydroxylation is 3. The smallest absolute Gasteiger partial charge is 0.125 e. The first kappa shape index (κ1) is 14.0. The number of benzene rings is 1. The Morgan fingerprint density at radius 2 is 1.71 bits per heavy atom. The van der Waals surface area contributed by atoms with Crippen molar-refractivity contribution in [2.75, 3.05) is 27.2 Å². The summed E-state index contributed by atoms with van der Waals surface area (Å²) in [6, 6.07) is 4.52. The molecule has 1 rings (SSSR count). The minimum atomic E-state index is 0.738. The highest BCUT2D eigenvalue weighted by Gasteiger charge is 2.05. The molecule has 0 spiro atoms. The standard InChI is InChI=1S/C15H25NO/c1-6-17-15-12(2)10-14(11-13(15)3)8-7-9-16(4)5/h10-11H,6-9H2,1-5H3. The maximum atomic E-state index is 5.66. The number of rotatable bonds is 6. The van der Waals surface area contributed by atoms with Gasteiger partial charge in [-0.1, -0.05) is 12.1 Å². The van der Waals surface area contributed by atoms with E-state index in [9.17, 15) is 0 Å². The summed E-state index contributed by atoms with van der Waals surface area (Å²) in [6.45, 7) is 8.18. The van der Waals surface area contributed by atoms with Gasteiger partial charge in [0.15, 0.2) is 0 Å². The first-order chi connectivity index (χ1) is 8.04. The van der Waals surface area contributed by atoms with E-state index in [-0.39, 0.29) is 0 Å². The first-order valence-electron chi connectivity index (χ1n) is 6.42. The van der Waals surface area contributed by atoms with E-state index in [4.69, 9.17) is 4.74 Å². The van der Waals surface area contributed by atoms with Crippen molar-refractivity contribution < 1.29 is 4.74 Å². The Kier molecular flexibility index (Phi) is 5.49. The normalized spacial score (nSPS) is 10.9. The fourth-order valence-electron chi connectivity index (χ4n) is 2.16. The van der Waals surface area contributed by atoms with Crippen LogP contribution in [0.4, 0.5) is 0 Å². The lowest BCUT2D eigenvalue weighted by Gasteiger charge is -2.14. The number of ether oxygens (including phenoxy) is 1. The fourth-order valence-corrected chi connectivity index (χ4v) is 2.16. The lowest BCUT2D eigenvalue weighted by atomic mass is 10.0. The molecule has 0 amide bonds. The van der Waals surface area contributed by atoms with E-state index in [0.717, 1.165) is 25.3 Å². The van der Waals surface area contributed by atoms with Gasteiger partial charge in [0.1, 0.15) is 5.75 Å².